The van der Waals surface area contributed by atoms with Crippen LogP contribution < -0.4 is 5.73 Å². The van der Waals surface area contributed by atoms with E-state index in [1.54, 1.807) is 0 Å². The molecule has 2 rings (SSSR count). The fourth-order valence-corrected chi connectivity index (χ4v) is 2.65. The molecule has 0 saturated carbocycles. The van der Waals surface area contributed by atoms with Gasteiger partial charge in [-0.25, -0.2) is 9.78 Å². The van der Waals surface area contributed by atoms with Gasteiger partial charge in [0.25, 0.3) is 0 Å². The molecule has 1 aliphatic heterocycles. The maximum absolute atomic E-state index is 11.5. The Labute approximate surface area is 153 Å². The number of hydrogen-bond donors (Lipinski definition) is 2. The van der Waals surface area contributed by atoms with Crippen molar-refractivity contribution in [3.05, 3.63) is 12.0 Å². The molecule has 0 spiro atoms. The number of aromatic carboxylic acids is 1. The SMILES string of the molecule is CC(=O)OCC1OC(n2cnc(C(=O)O)c2N)C(OC(C)=O)C1OC(C)=O. The number of rotatable bonds is 6. The highest BCUT2D eigenvalue weighted by molar-refractivity contribution is 5.90. The average Bonchev–Trinajstić information content (AvgIpc) is 3.06. The fourth-order valence-electron chi connectivity index (χ4n) is 2.65. The molecule has 0 bridgehead atoms. The standard InChI is InChI=1S/C15H19N3O9/c1-6(19)24-4-9-11(25-7(2)20)12(26-8(3)21)14(27-9)18-5-17-10(13(18)16)15(22)23/h5,9,11-12,14H,4,16H2,1-3H3,(H,22,23). The van der Waals surface area contributed by atoms with Gasteiger partial charge in [0.2, 0.25) is 0 Å². The molecule has 4 unspecified atom stereocenters. The molecular weight excluding hydrogens is 366 g/mol. The van der Waals surface area contributed by atoms with Crippen molar-refractivity contribution in [1.82, 2.24) is 9.55 Å². The topological polar surface area (TPSA) is 169 Å². The first kappa shape index (κ1) is 20.2. The Kier molecular flexibility index (Phi) is 6.00. The number of carbonyl (C=O) groups excluding carboxylic acids is 3. The molecule has 148 valence electrons. The summed E-state index contributed by atoms with van der Waals surface area (Å²) in [6.07, 6.45) is -3.34. The lowest BCUT2D eigenvalue weighted by Crippen LogP contribution is -2.40. The summed E-state index contributed by atoms with van der Waals surface area (Å²) in [4.78, 5) is 48.9. The zero-order valence-electron chi connectivity index (χ0n) is 14.8. The molecule has 0 amide bonds. The lowest BCUT2D eigenvalue weighted by molar-refractivity contribution is -0.166. The number of carbonyl (C=O) groups is 4. The van der Waals surface area contributed by atoms with Crippen molar-refractivity contribution in [1.29, 1.82) is 0 Å². The molecule has 1 aliphatic rings. The van der Waals surface area contributed by atoms with Crippen LogP contribution in [0, 0.1) is 0 Å². The van der Waals surface area contributed by atoms with Crippen molar-refractivity contribution in [3.63, 3.8) is 0 Å². The lowest BCUT2D eigenvalue weighted by Gasteiger charge is -2.24. The van der Waals surface area contributed by atoms with Crippen molar-refractivity contribution in [2.24, 2.45) is 0 Å². The van der Waals surface area contributed by atoms with E-state index >= 15 is 0 Å². The largest absolute Gasteiger partial charge is 0.476 e. The number of imidazole rings is 1. The minimum atomic E-state index is -1.36. The Balaban J connectivity index is 2.41. The summed E-state index contributed by atoms with van der Waals surface area (Å²) in [7, 11) is 0. The molecule has 1 saturated heterocycles. The van der Waals surface area contributed by atoms with Gasteiger partial charge in [0.05, 0.1) is 6.33 Å². The molecular formula is C15H19N3O9. The molecule has 3 N–H and O–H groups in total. The highest BCUT2D eigenvalue weighted by atomic mass is 16.7. The van der Waals surface area contributed by atoms with Gasteiger partial charge < -0.3 is 29.8 Å². The fraction of sp³-hybridized carbons (Fsp3) is 0.533. The number of aromatic nitrogens is 2. The van der Waals surface area contributed by atoms with E-state index in [0.717, 1.165) is 24.7 Å². The summed E-state index contributed by atoms with van der Waals surface area (Å²) in [5, 5.41) is 9.09. The molecule has 1 fully saturated rings. The summed E-state index contributed by atoms with van der Waals surface area (Å²) in [6.45, 7) is 3.18. The molecule has 1 aromatic heterocycles. The zero-order chi connectivity index (χ0) is 20.3. The van der Waals surface area contributed by atoms with Gasteiger partial charge in [0.15, 0.2) is 24.1 Å². The first-order valence-corrected chi connectivity index (χ1v) is 7.80. The first-order valence-electron chi connectivity index (χ1n) is 7.80. The molecule has 12 nitrogen and oxygen atoms in total. The monoisotopic (exact) mass is 385 g/mol. The summed E-state index contributed by atoms with van der Waals surface area (Å²) in [5.74, 6) is -3.58. The summed E-state index contributed by atoms with van der Waals surface area (Å²) in [6, 6.07) is 0. The van der Waals surface area contributed by atoms with Crippen LogP contribution in [0.4, 0.5) is 5.82 Å². The second kappa shape index (κ2) is 8.03. The van der Waals surface area contributed by atoms with Crippen molar-refractivity contribution in [3.8, 4) is 0 Å². The van der Waals surface area contributed by atoms with E-state index in [2.05, 4.69) is 4.98 Å². The Morgan fingerprint density at radius 1 is 1.15 bits per heavy atom. The van der Waals surface area contributed by atoms with E-state index in [4.69, 9.17) is 29.8 Å². The van der Waals surface area contributed by atoms with Crippen molar-refractivity contribution < 1.29 is 43.2 Å². The number of hydrogen-bond acceptors (Lipinski definition) is 10. The minimum Gasteiger partial charge on any atom is -0.476 e. The third kappa shape index (κ3) is 4.53. The Morgan fingerprint density at radius 3 is 2.22 bits per heavy atom. The van der Waals surface area contributed by atoms with E-state index in [1.807, 2.05) is 0 Å². The van der Waals surface area contributed by atoms with Crippen LogP contribution in [0.5, 0.6) is 0 Å². The quantitative estimate of drug-likeness (QED) is 0.477. The van der Waals surface area contributed by atoms with Crippen LogP contribution in [0.25, 0.3) is 0 Å². The van der Waals surface area contributed by atoms with Crippen LogP contribution in [0.15, 0.2) is 6.33 Å². The molecule has 1 aromatic rings. The smallest absolute Gasteiger partial charge is 0.358 e. The molecule has 2 heterocycles. The number of nitrogens with two attached hydrogens (primary N) is 1. The number of ether oxygens (including phenoxy) is 4. The third-order valence-corrected chi connectivity index (χ3v) is 3.65. The lowest BCUT2D eigenvalue weighted by atomic mass is 10.1. The zero-order valence-corrected chi connectivity index (χ0v) is 14.8. The van der Waals surface area contributed by atoms with E-state index in [0.29, 0.717) is 0 Å². The van der Waals surface area contributed by atoms with Gasteiger partial charge in [0, 0.05) is 20.8 Å². The Morgan fingerprint density at radius 2 is 1.74 bits per heavy atom. The van der Waals surface area contributed by atoms with E-state index in [9.17, 15) is 19.2 Å². The molecule has 0 radical (unpaired) electrons. The van der Waals surface area contributed by atoms with Gasteiger partial charge in [-0.05, 0) is 0 Å². The van der Waals surface area contributed by atoms with Gasteiger partial charge in [-0.3, -0.25) is 19.0 Å². The number of nitrogens with zero attached hydrogens (tertiary/aromatic N) is 2. The maximum atomic E-state index is 11.5. The number of esters is 3. The predicted molar refractivity (Wildman–Crippen MR) is 85.2 cm³/mol. The van der Waals surface area contributed by atoms with E-state index < -0.39 is 54.1 Å². The molecule has 27 heavy (non-hydrogen) atoms. The first-order chi connectivity index (χ1) is 12.6. The van der Waals surface area contributed by atoms with Crippen molar-refractivity contribution in [2.45, 2.75) is 45.3 Å². The number of anilines is 1. The van der Waals surface area contributed by atoms with Crippen LogP contribution in [0.3, 0.4) is 0 Å². The van der Waals surface area contributed by atoms with Gasteiger partial charge >= 0.3 is 23.9 Å². The predicted octanol–water partition coefficient (Wildman–Crippen LogP) is -0.513. The molecule has 12 heteroatoms. The third-order valence-electron chi connectivity index (χ3n) is 3.65. The molecule has 4 atom stereocenters. The molecule has 0 aromatic carbocycles. The number of carboxylic acid groups (broad SMARTS) is 1. The second-order valence-electron chi connectivity index (χ2n) is 5.71. The van der Waals surface area contributed by atoms with Gasteiger partial charge in [-0.1, -0.05) is 0 Å². The maximum Gasteiger partial charge on any atom is 0.358 e. The summed E-state index contributed by atoms with van der Waals surface area (Å²) >= 11 is 0. The van der Waals surface area contributed by atoms with Crippen molar-refractivity contribution >= 4 is 29.7 Å². The summed E-state index contributed by atoms with van der Waals surface area (Å²) < 4.78 is 22.2. The van der Waals surface area contributed by atoms with Gasteiger partial charge in [0.1, 0.15) is 18.5 Å². The van der Waals surface area contributed by atoms with Crippen LogP contribution in [0.2, 0.25) is 0 Å². The number of carboxylic acids is 1. The highest BCUT2D eigenvalue weighted by Gasteiger charge is 2.51. The highest BCUT2D eigenvalue weighted by Crippen LogP contribution is 2.36. The second-order valence-corrected chi connectivity index (χ2v) is 5.71. The van der Waals surface area contributed by atoms with Crippen LogP contribution in [-0.4, -0.2) is 63.5 Å². The normalized spacial score (nSPS) is 24.3. The molecule has 0 aliphatic carbocycles. The van der Waals surface area contributed by atoms with Gasteiger partial charge in [-0.2, -0.15) is 0 Å². The van der Waals surface area contributed by atoms with Crippen molar-refractivity contribution in [2.75, 3.05) is 12.3 Å². The van der Waals surface area contributed by atoms with Crippen LogP contribution >= 0.6 is 0 Å². The van der Waals surface area contributed by atoms with Crippen LogP contribution in [0.1, 0.15) is 37.5 Å². The minimum absolute atomic E-state index is 0.251. The summed E-state index contributed by atoms with van der Waals surface area (Å²) in [5.41, 5.74) is 5.37. The van der Waals surface area contributed by atoms with Crippen LogP contribution in [-0.2, 0) is 33.3 Å². The Bertz CT molecular complexity index is 760. The number of nitrogen functional groups attached to an aromatic ring is 1. The Hall–Kier alpha value is -3.15. The van der Waals surface area contributed by atoms with Gasteiger partial charge in [-0.15, -0.1) is 0 Å². The van der Waals surface area contributed by atoms with E-state index in [-0.39, 0.29) is 12.4 Å². The van der Waals surface area contributed by atoms with E-state index in [1.165, 1.54) is 6.92 Å². The average molecular weight is 385 g/mol.